The predicted molar refractivity (Wildman–Crippen MR) is 96.6 cm³/mol. The molecule has 148 valence electrons. The van der Waals surface area contributed by atoms with E-state index in [4.69, 9.17) is 22.1 Å². The van der Waals surface area contributed by atoms with Crippen LogP contribution in [0.3, 0.4) is 0 Å². The Kier molecular flexibility index (Phi) is 6.26. The van der Waals surface area contributed by atoms with Crippen LogP contribution in [-0.2, 0) is 24.2 Å². The van der Waals surface area contributed by atoms with Gasteiger partial charge in [0.15, 0.2) is 15.9 Å². The Labute approximate surface area is 160 Å². The topological polar surface area (TPSA) is 150 Å². The Hall–Kier alpha value is -2.40. The average Bonchev–Trinajstić information content (AvgIpc) is 3.04. The number of urea groups is 1. The van der Waals surface area contributed by atoms with E-state index < -0.39 is 33.8 Å². The van der Waals surface area contributed by atoms with Crippen LogP contribution in [0.25, 0.3) is 6.08 Å². The first-order chi connectivity index (χ1) is 12.5. The Morgan fingerprint density at radius 1 is 1.44 bits per heavy atom. The molecule has 2 unspecified atom stereocenters. The van der Waals surface area contributed by atoms with Crippen LogP contribution in [0, 0.1) is 6.92 Å². The molecule has 1 aliphatic rings. The summed E-state index contributed by atoms with van der Waals surface area (Å²) in [6, 6.07) is -1.41. The molecular weight excluding hydrogens is 400 g/mol. The number of hydrogen-bond donors (Lipinski definition) is 2. The highest BCUT2D eigenvalue weighted by molar-refractivity contribution is 7.91. The minimum atomic E-state index is -3.10. The zero-order chi connectivity index (χ0) is 20.4. The molecule has 27 heavy (non-hydrogen) atoms. The lowest BCUT2D eigenvalue weighted by atomic mass is 10.2. The number of carbonyl (C=O) groups excluding carboxylic acids is 3. The van der Waals surface area contributed by atoms with E-state index in [0.717, 1.165) is 6.08 Å². The third-order valence-electron chi connectivity index (χ3n) is 3.92. The van der Waals surface area contributed by atoms with E-state index in [9.17, 15) is 22.8 Å². The van der Waals surface area contributed by atoms with E-state index in [2.05, 4.69) is 5.10 Å². The molecule has 1 fully saturated rings. The SMILES string of the molecule is Cc1nn(C2CCS(=O)(=O)C2)c(Cl)c1/C=C/C(=O)OC(C)C(=O)NC(N)=O. The fourth-order valence-electron chi connectivity index (χ4n) is 2.57. The highest BCUT2D eigenvalue weighted by Gasteiger charge is 2.31. The predicted octanol–water partition coefficient (Wildman–Crippen LogP) is 0.344. The smallest absolute Gasteiger partial charge is 0.331 e. The third kappa shape index (κ3) is 5.30. The number of ether oxygens (including phenoxy) is 1. The van der Waals surface area contributed by atoms with Crippen LogP contribution in [0.2, 0.25) is 5.15 Å². The molecule has 1 aromatic heterocycles. The molecule has 0 spiro atoms. The van der Waals surface area contributed by atoms with Crippen LogP contribution in [0.4, 0.5) is 4.79 Å². The Morgan fingerprint density at radius 2 is 2.11 bits per heavy atom. The van der Waals surface area contributed by atoms with Gasteiger partial charge in [0.2, 0.25) is 0 Å². The quantitative estimate of drug-likeness (QED) is 0.517. The standard InChI is InChI=1S/C15H19ClN4O6S/c1-8-11(3-4-12(21)26-9(2)14(22)18-15(17)23)13(16)20(19-8)10-5-6-27(24,25)7-10/h3-4,9-10H,5-7H2,1-2H3,(H3,17,18,22,23)/b4-3+. The van der Waals surface area contributed by atoms with Gasteiger partial charge in [-0.15, -0.1) is 0 Å². The van der Waals surface area contributed by atoms with E-state index in [-0.39, 0.29) is 22.7 Å². The number of rotatable bonds is 5. The zero-order valence-corrected chi connectivity index (χ0v) is 16.2. The maximum Gasteiger partial charge on any atom is 0.331 e. The molecule has 2 rings (SSSR count). The largest absolute Gasteiger partial charge is 0.449 e. The Morgan fingerprint density at radius 3 is 2.67 bits per heavy atom. The van der Waals surface area contributed by atoms with Crippen LogP contribution in [0.15, 0.2) is 6.08 Å². The molecule has 2 heterocycles. The van der Waals surface area contributed by atoms with Gasteiger partial charge in [0.1, 0.15) is 5.15 Å². The minimum Gasteiger partial charge on any atom is -0.449 e. The summed E-state index contributed by atoms with van der Waals surface area (Å²) in [6.07, 6.45) is 1.62. The minimum absolute atomic E-state index is 0.0362. The van der Waals surface area contributed by atoms with Gasteiger partial charge >= 0.3 is 12.0 Å². The average molecular weight is 419 g/mol. The Balaban J connectivity index is 2.08. The summed E-state index contributed by atoms with van der Waals surface area (Å²) in [5, 5.41) is 6.26. The van der Waals surface area contributed by atoms with Gasteiger partial charge in [-0.25, -0.2) is 22.7 Å². The molecule has 0 bridgehead atoms. The molecule has 10 nitrogen and oxygen atoms in total. The summed E-state index contributed by atoms with van der Waals surface area (Å²) < 4.78 is 29.6. The molecular formula is C15H19ClN4O6S. The maximum absolute atomic E-state index is 11.8. The van der Waals surface area contributed by atoms with Crippen LogP contribution < -0.4 is 11.1 Å². The number of carbonyl (C=O) groups is 3. The van der Waals surface area contributed by atoms with E-state index >= 15 is 0 Å². The summed E-state index contributed by atoms with van der Waals surface area (Å²) in [5.41, 5.74) is 5.76. The lowest BCUT2D eigenvalue weighted by Crippen LogP contribution is -2.42. The van der Waals surface area contributed by atoms with Crippen LogP contribution in [0.1, 0.15) is 30.6 Å². The van der Waals surface area contributed by atoms with Gasteiger partial charge in [-0.1, -0.05) is 11.6 Å². The fraction of sp³-hybridized carbons (Fsp3) is 0.467. The number of aromatic nitrogens is 2. The van der Waals surface area contributed by atoms with Gasteiger partial charge in [0, 0.05) is 11.6 Å². The van der Waals surface area contributed by atoms with Gasteiger partial charge in [-0.3, -0.25) is 10.1 Å². The number of sulfone groups is 1. The lowest BCUT2D eigenvalue weighted by molar-refractivity contribution is -0.149. The van der Waals surface area contributed by atoms with E-state index in [1.165, 1.54) is 17.7 Å². The maximum atomic E-state index is 11.8. The molecule has 3 amide bonds. The van der Waals surface area contributed by atoms with Crippen molar-refractivity contribution in [2.24, 2.45) is 5.73 Å². The number of hydrogen-bond acceptors (Lipinski definition) is 7. The van der Waals surface area contributed by atoms with Crippen molar-refractivity contribution in [2.75, 3.05) is 11.5 Å². The van der Waals surface area contributed by atoms with Crippen molar-refractivity contribution >= 4 is 45.4 Å². The number of aryl methyl sites for hydroxylation is 1. The molecule has 1 aliphatic heterocycles. The number of nitrogens with zero attached hydrogens (tertiary/aromatic N) is 2. The highest BCUT2D eigenvalue weighted by Crippen LogP contribution is 2.30. The summed E-state index contributed by atoms with van der Waals surface area (Å²) in [4.78, 5) is 33.9. The molecule has 0 aliphatic carbocycles. The summed E-state index contributed by atoms with van der Waals surface area (Å²) in [7, 11) is -3.10. The van der Waals surface area contributed by atoms with Crippen molar-refractivity contribution in [2.45, 2.75) is 32.4 Å². The van der Waals surface area contributed by atoms with Gasteiger partial charge in [0.05, 0.1) is 23.2 Å². The number of esters is 1. The number of halogens is 1. The van der Waals surface area contributed by atoms with Crippen molar-refractivity contribution in [1.82, 2.24) is 15.1 Å². The fourth-order valence-corrected chi connectivity index (χ4v) is 4.64. The van der Waals surface area contributed by atoms with Crippen molar-refractivity contribution in [1.29, 1.82) is 0 Å². The second-order valence-corrected chi connectivity index (χ2v) is 8.64. The monoisotopic (exact) mass is 418 g/mol. The molecule has 0 aromatic carbocycles. The summed E-state index contributed by atoms with van der Waals surface area (Å²) in [6.45, 7) is 2.95. The summed E-state index contributed by atoms with van der Waals surface area (Å²) >= 11 is 6.29. The van der Waals surface area contributed by atoms with E-state index in [1.807, 2.05) is 0 Å². The van der Waals surface area contributed by atoms with Gasteiger partial charge in [-0.2, -0.15) is 5.10 Å². The second-order valence-electron chi connectivity index (χ2n) is 6.06. The number of imide groups is 1. The van der Waals surface area contributed by atoms with Crippen LogP contribution in [0.5, 0.6) is 0 Å². The molecule has 1 saturated heterocycles. The number of primary amides is 1. The molecule has 1 aromatic rings. The zero-order valence-electron chi connectivity index (χ0n) is 14.6. The van der Waals surface area contributed by atoms with Gasteiger partial charge in [0.25, 0.3) is 5.91 Å². The van der Waals surface area contributed by atoms with Crippen molar-refractivity contribution in [3.05, 3.63) is 22.5 Å². The molecule has 0 saturated carbocycles. The molecule has 0 radical (unpaired) electrons. The van der Waals surface area contributed by atoms with E-state index in [0.29, 0.717) is 17.7 Å². The Bertz CT molecular complexity index is 908. The number of amides is 3. The number of nitrogens with two attached hydrogens (primary N) is 1. The number of nitrogens with one attached hydrogen (secondary N) is 1. The second kappa shape index (κ2) is 8.09. The van der Waals surface area contributed by atoms with Crippen molar-refractivity contribution < 1.29 is 27.5 Å². The normalized spacial score (nSPS) is 19.7. The molecule has 2 atom stereocenters. The first kappa shape index (κ1) is 20.9. The first-order valence-electron chi connectivity index (χ1n) is 7.94. The van der Waals surface area contributed by atoms with Crippen LogP contribution >= 0.6 is 11.6 Å². The first-order valence-corrected chi connectivity index (χ1v) is 10.1. The van der Waals surface area contributed by atoms with Crippen molar-refractivity contribution in [3.63, 3.8) is 0 Å². The van der Waals surface area contributed by atoms with Crippen molar-refractivity contribution in [3.8, 4) is 0 Å². The molecule has 12 heteroatoms. The highest BCUT2D eigenvalue weighted by atomic mass is 35.5. The molecule has 3 N–H and O–H groups in total. The third-order valence-corrected chi connectivity index (χ3v) is 6.05. The lowest BCUT2D eigenvalue weighted by Gasteiger charge is -2.10. The van der Waals surface area contributed by atoms with E-state index in [1.54, 1.807) is 12.2 Å². The van der Waals surface area contributed by atoms with Gasteiger partial charge in [-0.05, 0) is 26.3 Å². The summed E-state index contributed by atoms with van der Waals surface area (Å²) in [5.74, 6) is -1.65. The van der Waals surface area contributed by atoms with Gasteiger partial charge < -0.3 is 10.5 Å². The van der Waals surface area contributed by atoms with Crippen LogP contribution in [-0.4, -0.2) is 53.7 Å².